The van der Waals surface area contributed by atoms with Crippen molar-refractivity contribution in [3.63, 3.8) is 0 Å². The predicted molar refractivity (Wildman–Crippen MR) is 103 cm³/mol. The molecule has 8 nitrogen and oxygen atoms in total. The topological polar surface area (TPSA) is 93.6 Å². The first kappa shape index (κ1) is 18.0. The summed E-state index contributed by atoms with van der Waals surface area (Å²) in [6.45, 7) is 1.55. The Morgan fingerprint density at radius 3 is 2.36 bits per heavy atom. The van der Waals surface area contributed by atoms with Crippen molar-refractivity contribution < 1.29 is 19.1 Å². The van der Waals surface area contributed by atoms with Crippen molar-refractivity contribution in [3.8, 4) is 11.6 Å². The van der Waals surface area contributed by atoms with Gasteiger partial charge in [0.1, 0.15) is 0 Å². The number of nitrogens with zero attached hydrogens (tertiary/aromatic N) is 3. The molecule has 2 aromatic rings. The van der Waals surface area contributed by atoms with Gasteiger partial charge in [0, 0.05) is 32.3 Å². The normalized spacial score (nSPS) is 18.4. The molecule has 1 saturated heterocycles. The smallest absolute Gasteiger partial charge is 0.337 e. The van der Waals surface area contributed by atoms with Crippen molar-refractivity contribution in [1.82, 2.24) is 9.97 Å². The highest BCUT2D eigenvalue weighted by molar-refractivity contribution is 5.95. The Bertz CT molecular complexity index is 921. The van der Waals surface area contributed by atoms with Crippen molar-refractivity contribution in [3.05, 3.63) is 48.0 Å². The minimum absolute atomic E-state index is 0.00752. The van der Waals surface area contributed by atoms with E-state index in [9.17, 15) is 9.59 Å². The molecule has 144 valence electrons. The summed E-state index contributed by atoms with van der Waals surface area (Å²) < 4.78 is 10.4. The molecule has 2 aliphatic rings. The van der Waals surface area contributed by atoms with E-state index in [4.69, 9.17) is 9.47 Å². The second-order valence-electron chi connectivity index (χ2n) is 6.60. The fraction of sp³-hybridized carbons (Fsp3) is 0.300. The van der Waals surface area contributed by atoms with Crippen molar-refractivity contribution in [2.45, 2.75) is 18.8 Å². The van der Waals surface area contributed by atoms with E-state index in [1.807, 2.05) is 11.0 Å². The Morgan fingerprint density at radius 1 is 1.00 bits per heavy atom. The lowest BCUT2D eigenvalue weighted by Gasteiger charge is -2.32. The van der Waals surface area contributed by atoms with Gasteiger partial charge < -0.3 is 19.7 Å². The molecular formula is C20H20N4O4. The van der Waals surface area contributed by atoms with Crippen LogP contribution in [-0.4, -0.2) is 42.0 Å². The summed E-state index contributed by atoms with van der Waals surface area (Å²) in [5, 5.41) is 2.88. The predicted octanol–water partition coefficient (Wildman–Crippen LogP) is 2.28. The van der Waals surface area contributed by atoms with Crippen LogP contribution in [0.1, 0.15) is 24.3 Å². The Kier molecular flexibility index (Phi) is 4.92. The average Bonchev–Trinajstić information content (AvgIpc) is 2.73. The van der Waals surface area contributed by atoms with Gasteiger partial charge in [-0.3, -0.25) is 0 Å². The van der Waals surface area contributed by atoms with Crippen molar-refractivity contribution in [1.29, 1.82) is 0 Å². The summed E-state index contributed by atoms with van der Waals surface area (Å²) in [7, 11) is 1.65. The zero-order chi connectivity index (χ0) is 19.5. The third-order valence-electron chi connectivity index (χ3n) is 4.86. The van der Waals surface area contributed by atoms with Crippen LogP contribution in [-0.2, 0) is 9.59 Å². The van der Waals surface area contributed by atoms with Crippen LogP contribution in [0.15, 0.2) is 42.5 Å². The largest absolute Gasteiger partial charge is 0.414 e. The maximum atomic E-state index is 11.8. The van der Waals surface area contributed by atoms with Crippen molar-refractivity contribution in [2.24, 2.45) is 0 Å². The lowest BCUT2D eigenvalue weighted by molar-refractivity contribution is -0.133. The van der Waals surface area contributed by atoms with Crippen LogP contribution >= 0.6 is 0 Å². The summed E-state index contributed by atoms with van der Waals surface area (Å²) >= 11 is 0. The minimum atomic E-state index is -0.688. The molecule has 1 aromatic heterocycles. The molecule has 1 aromatic carbocycles. The number of rotatable bonds is 3. The van der Waals surface area contributed by atoms with Crippen LogP contribution in [0.25, 0.3) is 0 Å². The number of esters is 2. The number of nitrogens with one attached hydrogen (secondary N) is 1. The molecule has 0 aliphatic carbocycles. The molecule has 2 aliphatic heterocycles. The number of ether oxygens (including phenoxy) is 2. The van der Waals surface area contributed by atoms with E-state index in [0.717, 1.165) is 38.1 Å². The molecule has 0 saturated carbocycles. The minimum Gasteiger partial charge on any atom is -0.414 e. The quantitative estimate of drug-likeness (QED) is 0.811. The second kappa shape index (κ2) is 7.67. The van der Waals surface area contributed by atoms with Crippen LogP contribution in [0.4, 0.5) is 11.8 Å². The van der Waals surface area contributed by atoms with E-state index in [1.165, 1.54) is 5.56 Å². The van der Waals surface area contributed by atoms with E-state index >= 15 is 0 Å². The zero-order valence-electron chi connectivity index (χ0n) is 15.4. The monoisotopic (exact) mass is 380 g/mol. The van der Waals surface area contributed by atoms with Crippen molar-refractivity contribution >= 4 is 23.7 Å². The molecule has 0 radical (unpaired) electrons. The highest BCUT2D eigenvalue weighted by Crippen LogP contribution is 2.37. The number of benzene rings is 1. The Labute approximate surface area is 162 Å². The van der Waals surface area contributed by atoms with Crippen molar-refractivity contribution in [2.75, 3.05) is 30.4 Å². The summed E-state index contributed by atoms with van der Waals surface area (Å²) in [4.78, 5) is 34.4. The molecule has 28 heavy (non-hydrogen) atoms. The molecule has 3 heterocycles. The molecule has 4 rings (SSSR count). The lowest BCUT2D eigenvalue weighted by Crippen LogP contribution is -2.34. The summed E-state index contributed by atoms with van der Waals surface area (Å²) in [5.74, 6) is -0.212. The molecule has 0 bridgehead atoms. The molecule has 0 spiro atoms. The lowest BCUT2D eigenvalue weighted by atomic mass is 9.90. The summed E-state index contributed by atoms with van der Waals surface area (Å²) in [6.07, 6.45) is 3.96. The van der Waals surface area contributed by atoms with Gasteiger partial charge in [-0.2, -0.15) is 9.97 Å². The SMILES string of the molecule is CNc1nc(N2CCC(c3ccccc3)CC2)nc2c1OC(=O)/C=C\C(=O)O2. The van der Waals surface area contributed by atoms with Gasteiger partial charge in [-0.25, -0.2) is 9.59 Å². The Hall–Kier alpha value is -3.42. The number of aromatic nitrogens is 2. The fourth-order valence-corrected chi connectivity index (χ4v) is 3.43. The highest BCUT2D eigenvalue weighted by Gasteiger charge is 2.27. The van der Waals surface area contributed by atoms with Crippen LogP contribution < -0.4 is 19.7 Å². The van der Waals surface area contributed by atoms with Gasteiger partial charge in [0.15, 0.2) is 5.82 Å². The van der Waals surface area contributed by atoms with Gasteiger partial charge in [0.05, 0.1) is 0 Å². The number of fused-ring (bicyclic) bond motifs is 1. The van der Waals surface area contributed by atoms with E-state index in [-0.39, 0.29) is 11.6 Å². The van der Waals surface area contributed by atoms with E-state index in [0.29, 0.717) is 17.7 Å². The van der Waals surface area contributed by atoms with Gasteiger partial charge >= 0.3 is 11.9 Å². The van der Waals surface area contributed by atoms with Gasteiger partial charge in [0.2, 0.25) is 11.7 Å². The Morgan fingerprint density at radius 2 is 1.68 bits per heavy atom. The number of carbonyl (C=O) groups is 2. The molecule has 0 unspecified atom stereocenters. The standard InChI is InChI=1S/C20H20N4O4/c1-21-18-17-19(28-16(26)8-7-15(25)27-17)23-20(22-18)24-11-9-14(10-12-24)13-5-3-2-4-6-13/h2-8,14H,9-12H2,1H3,(H,21,22,23)/b8-7-. The first-order chi connectivity index (χ1) is 13.6. The maximum Gasteiger partial charge on any atom is 0.337 e. The van der Waals surface area contributed by atoms with Crippen LogP contribution in [0.3, 0.4) is 0 Å². The number of piperidine rings is 1. The molecule has 1 N–H and O–H groups in total. The maximum absolute atomic E-state index is 11.8. The first-order valence-corrected chi connectivity index (χ1v) is 9.15. The first-order valence-electron chi connectivity index (χ1n) is 9.15. The van der Waals surface area contributed by atoms with Gasteiger partial charge in [0.25, 0.3) is 5.88 Å². The van der Waals surface area contributed by atoms with Gasteiger partial charge in [-0.05, 0) is 24.3 Å². The number of hydrogen-bond acceptors (Lipinski definition) is 8. The van der Waals surface area contributed by atoms with Crippen LogP contribution in [0.5, 0.6) is 11.6 Å². The van der Waals surface area contributed by atoms with Gasteiger partial charge in [-0.15, -0.1) is 0 Å². The molecule has 0 atom stereocenters. The zero-order valence-corrected chi connectivity index (χ0v) is 15.4. The van der Waals surface area contributed by atoms with E-state index in [1.54, 1.807) is 7.05 Å². The third-order valence-corrected chi connectivity index (χ3v) is 4.86. The average molecular weight is 380 g/mol. The molecule has 8 heteroatoms. The van der Waals surface area contributed by atoms with Gasteiger partial charge in [-0.1, -0.05) is 30.3 Å². The number of carbonyl (C=O) groups excluding carboxylic acids is 2. The highest BCUT2D eigenvalue weighted by atomic mass is 16.6. The number of anilines is 2. The third kappa shape index (κ3) is 3.66. The summed E-state index contributed by atoms with van der Waals surface area (Å²) in [6, 6.07) is 10.4. The molecule has 1 fully saturated rings. The summed E-state index contributed by atoms with van der Waals surface area (Å²) in [5.41, 5.74) is 1.34. The second-order valence-corrected chi connectivity index (χ2v) is 6.60. The van der Waals surface area contributed by atoms with Crippen LogP contribution in [0.2, 0.25) is 0 Å². The fourth-order valence-electron chi connectivity index (χ4n) is 3.43. The molecule has 0 amide bonds. The van der Waals surface area contributed by atoms with E-state index < -0.39 is 11.9 Å². The molecular weight excluding hydrogens is 360 g/mol. The van der Waals surface area contributed by atoms with Crippen LogP contribution in [0, 0.1) is 0 Å². The number of hydrogen-bond donors (Lipinski definition) is 1. The van der Waals surface area contributed by atoms with E-state index in [2.05, 4.69) is 39.6 Å². The Balaban J connectivity index is 1.58.